The summed E-state index contributed by atoms with van der Waals surface area (Å²) in [6.07, 6.45) is 2.32. The Morgan fingerprint density at radius 1 is 0.927 bits per heavy atom. The molecule has 3 heterocycles. The Morgan fingerprint density at radius 3 is 2.61 bits per heavy atom. The van der Waals surface area contributed by atoms with Crippen molar-refractivity contribution in [3.8, 4) is 5.75 Å². The van der Waals surface area contributed by atoms with Gasteiger partial charge in [-0.1, -0.05) is 54.1 Å². The van der Waals surface area contributed by atoms with E-state index in [4.69, 9.17) is 13.6 Å². The Kier molecular flexibility index (Phi) is 7.41. The van der Waals surface area contributed by atoms with E-state index in [-0.39, 0.29) is 36.8 Å². The lowest BCUT2D eigenvalue weighted by Crippen LogP contribution is -2.40. The summed E-state index contributed by atoms with van der Waals surface area (Å²) in [6.45, 7) is 3.12. The minimum Gasteiger partial charge on any atom is -0.486 e. The van der Waals surface area contributed by atoms with Gasteiger partial charge in [0, 0.05) is 12.1 Å². The summed E-state index contributed by atoms with van der Waals surface area (Å²) in [7, 11) is 0. The maximum atomic E-state index is 13.7. The normalized spacial score (nSPS) is 14.4. The fourth-order valence-corrected chi connectivity index (χ4v) is 5.25. The molecular weight excluding hydrogens is 516 g/mol. The molecule has 7 nitrogen and oxygen atoms in total. The highest BCUT2D eigenvalue weighted by Gasteiger charge is 2.33. The van der Waals surface area contributed by atoms with E-state index in [1.54, 1.807) is 30.5 Å². The average Bonchev–Trinajstić information content (AvgIpc) is 3.71. The van der Waals surface area contributed by atoms with Crippen LogP contribution in [0.25, 0.3) is 0 Å². The Balaban J connectivity index is 1.21. The van der Waals surface area contributed by atoms with Crippen molar-refractivity contribution in [1.29, 1.82) is 0 Å². The lowest BCUT2D eigenvalue weighted by molar-refractivity contribution is 0.0694. The van der Waals surface area contributed by atoms with E-state index in [0.717, 1.165) is 23.1 Å². The fraction of sp³-hybridized carbons (Fsp3) is 0.176. The molecule has 0 bridgehead atoms. The van der Waals surface area contributed by atoms with Crippen molar-refractivity contribution >= 4 is 11.8 Å². The molecule has 0 spiro atoms. The molecule has 1 atom stereocenters. The van der Waals surface area contributed by atoms with Crippen molar-refractivity contribution in [1.82, 2.24) is 10.2 Å². The average molecular weight is 547 g/mol. The zero-order chi connectivity index (χ0) is 28.2. The van der Waals surface area contributed by atoms with E-state index in [1.165, 1.54) is 5.56 Å². The number of aryl methyl sites for hydroxylation is 1. The van der Waals surface area contributed by atoms with Crippen LogP contribution in [0.2, 0.25) is 0 Å². The number of fused-ring (bicyclic) bond motifs is 1. The van der Waals surface area contributed by atoms with Crippen LogP contribution in [0.15, 0.2) is 112 Å². The number of amides is 2. The molecule has 1 unspecified atom stereocenters. The number of furan rings is 2. The first kappa shape index (κ1) is 26.2. The number of rotatable bonds is 8. The maximum Gasteiger partial charge on any atom is 0.287 e. The molecule has 2 amide bonds. The van der Waals surface area contributed by atoms with Gasteiger partial charge in [0.1, 0.15) is 23.9 Å². The molecule has 0 radical (unpaired) electrons. The molecule has 2 aromatic heterocycles. The van der Waals surface area contributed by atoms with Gasteiger partial charge in [-0.3, -0.25) is 9.59 Å². The van der Waals surface area contributed by atoms with Crippen LogP contribution in [0.5, 0.6) is 5.75 Å². The van der Waals surface area contributed by atoms with E-state index in [9.17, 15) is 9.59 Å². The van der Waals surface area contributed by atoms with E-state index < -0.39 is 0 Å². The number of hydrogen-bond donors (Lipinski definition) is 1. The highest BCUT2D eigenvalue weighted by molar-refractivity contribution is 5.95. The van der Waals surface area contributed by atoms with E-state index in [1.807, 2.05) is 53.4 Å². The first-order valence-corrected chi connectivity index (χ1v) is 13.6. The Bertz CT molecular complexity index is 1660. The van der Waals surface area contributed by atoms with Gasteiger partial charge in [0.25, 0.3) is 11.8 Å². The van der Waals surface area contributed by atoms with E-state index >= 15 is 0 Å². The van der Waals surface area contributed by atoms with Crippen LogP contribution in [0.4, 0.5) is 0 Å². The molecule has 1 N–H and O–H groups in total. The van der Waals surface area contributed by atoms with Gasteiger partial charge in [0.15, 0.2) is 5.76 Å². The van der Waals surface area contributed by atoms with Crippen LogP contribution in [0.3, 0.4) is 0 Å². The minimum atomic E-state index is -0.328. The molecule has 41 heavy (non-hydrogen) atoms. The Hall–Kier alpha value is -5.04. The van der Waals surface area contributed by atoms with Crippen LogP contribution < -0.4 is 10.1 Å². The summed E-state index contributed by atoms with van der Waals surface area (Å²) in [4.78, 5) is 28.1. The predicted molar refractivity (Wildman–Crippen MR) is 154 cm³/mol. The largest absolute Gasteiger partial charge is 0.486 e. The minimum absolute atomic E-state index is 0.00233. The fourth-order valence-electron chi connectivity index (χ4n) is 5.25. The highest BCUT2D eigenvalue weighted by Crippen LogP contribution is 2.38. The van der Waals surface area contributed by atoms with Gasteiger partial charge in [0.05, 0.1) is 18.8 Å². The zero-order valence-electron chi connectivity index (χ0n) is 22.7. The molecule has 7 heteroatoms. The zero-order valence-corrected chi connectivity index (χ0v) is 22.7. The first-order chi connectivity index (χ1) is 20.0. The topological polar surface area (TPSA) is 84.9 Å². The summed E-state index contributed by atoms with van der Waals surface area (Å²) in [5.74, 6) is 1.73. The standard InChI is InChI=1S/C34H30N2O5/c1-23-7-5-10-26(19-23)32-30-20-27(13-12-24(30)16-17-36(32)34(38)25-8-3-2-4-9-25)40-22-29-14-15-31(41-29)33(37)35-21-28-11-6-18-39-28/h2-15,18-20,32H,16-17,21-22H2,1H3,(H,35,37). The van der Waals surface area contributed by atoms with Crippen molar-refractivity contribution in [3.05, 3.63) is 148 Å². The molecule has 3 aromatic carbocycles. The molecule has 206 valence electrons. The second-order valence-electron chi connectivity index (χ2n) is 10.1. The number of ether oxygens (including phenoxy) is 1. The third-order valence-electron chi connectivity index (χ3n) is 7.25. The Labute approximate surface area is 238 Å². The molecule has 1 aliphatic rings. The number of carbonyl (C=O) groups is 2. The van der Waals surface area contributed by atoms with Crippen molar-refractivity contribution in [2.24, 2.45) is 0 Å². The molecule has 1 aliphatic heterocycles. The van der Waals surface area contributed by atoms with Crippen LogP contribution in [-0.4, -0.2) is 23.3 Å². The predicted octanol–water partition coefficient (Wildman–Crippen LogP) is 6.48. The number of nitrogens with one attached hydrogen (secondary N) is 1. The molecule has 0 saturated carbocycles. The van der Waals surface area contributed by atoms with Crippen molar-refractivity contribution in [2.45, 2.75) is 32.5 Å². The smallest absolute Gasteiger partial charge is 0.287 e. The van der Waals surface area contributed by atoms with Crippen LogP contribution >= 0.6 is 0 Å². The second kappa shape index (κ2) is 11.6. The number of hydrogen-bond acceptors (Lipinski definition) is 5. The van der Waals surface area contributed by atoms with Crippen molar-refractivity contribution in [3.63, 3.8) is 0 Å². The van der Waals surface area contributed by atoms with Gasteiger partial charge >= 0.3 is 0 Å². The molecule has 5 aromatic rings. The van der Waals surface area contributed by atoms with Gasteiger partial charge in [-0.25, -0.2) is 0 Å². The second-order valence-corrected chi connectivity index (χ2v) is 10.1. The van der Waals surface area contributed by atoms with Gasteiger partial charge < -0.3 is 23.8 Å². The summed E-state index contributed by atoms with van der Waals surface area (Å²) < 4.78 is 17.1. The quantitative estimate of drug-likeness (QED) is 0.241. The first-order valence-electron chi connectivity index (χ1n) is 13.6. The maximum absolute atomic E-state index is 13.7. The summed E-state index contributed by atoms with van der Waals surface area (Å²) in [5.41, 5.74) is 5.10. The van der Waals surface area contributed by atoms with Crippen LogP contribution in [0.1, 0.15) is 60.7 Å². The van der Waals surface area contributed by atoms with Gasteiger partial charge in [-0.05, 0) is 78.6 Å². The SMILES string of the molecule is Cc1cccc(C2c3cc(OCc4ccc(C(=O)NCc5ccco5)o4)ccc3CCN2C(=O)c2ccccc2)c1. The van der Waals surface area contributed by atoms with Crippen LogP contribution in [-0.2, 0) is 19.6 Å². The lowest BCUT2D eigenvalue weighted by atomic mass is 9.87. The third-order valence-corrected chi connectivity index (χ3v) is 7.25. The molecule has 0 fully saturated rings. The summed E-state index contributed by atoms with van der Waals surface area (Å²) in [6, 6.07) is 30.4. The summed E-state index contributed by atoms with van der Waals surface area (Å²) >= 11 is 0. The highest BCUT2D eigenvalue weighted by atomic mass is 16.5. The van der Waals surface area contributed by atoms with E-state index in [2.05, 4.69) is 36.5 Å². The summed E-state index contributed by atoms with van der Waals surface area (Å²) in [5, 5.41) is 2.77. The van der Waals surface area contributed by atoms with Crippen molar-refractivity contribution < 1.29 is 23.2 Å². The Morgan fingerprint density at radius 2 is 1.80 bits per heavy atom. The van der Waals surface area contributed by atoms with Crippen LogP contribution in [0, 0.1) is 6.92 Å². The molecule has 0 saturated heterocycles. The molecule has 6 rings (SSSR count). The molecule has 0 aliphatic carbocycles. The molecular formula is C34H30N2O5. The lowest BCUT2D eigenvalue weighted by Gasteiger charge is -2.38. The van der Waals surface area contributed by atoms with Gasteiger partial charge in [-0.15, -0.1) is 0 Å². The van der Waals surface area contributed by atoms with E-state index in [0.29, 0.717) is 29.4 Å². The van der Waals surface area contributed by atoms with Crippen molar-refractivity contribution in [2.75, 3.05) is 6.54 Å². The number of nitrogens with zero attached hydrogens (tertiary/aromatic N) is 1. The van der Waals surface area contributed by atoms with Gasteiger partial charge in [-0.2, -0.15) is 0 Å². The monoisotopic (exact) mass is 546 g/mol. The number of carbonyl (C=O) groups excluding carboxylic acids is 2. The van der Waals surface area contributed by atoms with Gasteiger partial charge in [0.2, 0.25) is 0 Å². The number of benzene rings is 3. The third kappa shape index (κ3) is 5.79.